The Labute approximate surface area is 462 Å². The Morgan fingerprint density at radius 1 is 0.203 bits per heavy atom. The van der Waals surface area contributed by atoms with Crippen LogP contribution in [0.2, 0.25) is 0 Å². The van der Waals surface area contributed by atoms with E-state index in [2.05, 4.69) is 334 Å². The highest BCUT2D eigenvalue weighted by Crippen LogP contribution is 2.48. The van der Waals surface area contributed by atoms with Gasteiger partial charge in [-0.05, 0) is 154 Å². The van der Waals surface area contributed by atoms with E-state index in [0.717, 1.165) is 28.4 Å². The van der Waals surface area contributed by atoms with Crippen LogP contribution in [0.1, 0.15) is 0 Å². The first-order valence-electron chi connectivity index (χ1n) is 27.3. The molecule has 0 saturated carbocycles. The highest BCUT2D eigenvalue weighted by atomic mass is 15.2. The fraction of sp³-hybridized carbons (Fsp3) is 0. The molecule has 16 rings (SSSR count). The zero-order chi connectivity index (χ0) is 52.2. The molecule has 370 valence electrons. The topological polar surface area (TPSA) is 16.2 Å². The van der Waals surface area contributed by atoms with E-state index in [1.807, 2.05) is 0 Å². The van der Waals surface area contributed by atoms with Crippen molar-refractivity contribution in [3.05, 3.63) is 309 Å². The van der Waals surface area contributed by atoms with Gasteiger partial charge in [0.2, 0.25) is 0 Å². The minimum atomic E-state index is 0.0910. The Hall–Kier alpha value is -10.2. The standard InChI is InChI=1S/C42H30BN3.C30H21BN2/c1-5-17-31(18-6-1)44(32-19-7-2-8-20-32)35-29-40-42-41(30-35)46(34-23-11-4-12-24-34)39-28-16-14-26-37(39)43(42)36-25-13-15-27-38(36)45(40)33-21-9-3-10-22-33;1-3-12-22(13-4-1)32-26-18-9-7-16-24(26)31-25-17-8-10-19-27(25)33(23-14-5-2-6-15-23)29-21-11-20-28(32)30(29)31/h1-30H;1-21H. The summed E-state index contributed by atoms with van der Waals surface area (Å²) in [6.45, 7) is 0.289. The van der Waals surface area contributed by atoms with Gasteiger partial charge >= 0.3 is 0 Å². The first-order chi connectivity index (χ1) is 39.3. The average Bonchev–Trinajstić information content (AvgIpc) is 3.71. The lowest BCUT2D eigenvalue weighted by molar-refractivity contribution is 1.23. The number of fused-ring (bicyclic) bond motifs is 8. The number of hydrogen-bond acceptors (Lipinski definition) is 5. The van der Waals surface area contributed by atoms with Crippen LogP contribution in [0.5, 0.6) is 0 Å². The molecular formula is C72H51B2N5. The zero-order valence-corrected chi connectivity index (χ0v) is 43.3. The Morgan fingerprint density at radius 3 is 0.759 bits per heavy atom. The fourth-order valence-electron chi connectivity index (χ4n) is 12.9. The SMILES string of the molecule is c1ccc(N(c2ccccc2)c2cc3c4c(c2)N(c2ccccc2)c2ccccc2B4c2ccccc2N3c2ccccc2)cc1.c1ccc(N2c3ccccc3B3c4ccccc4N(c4ccccc4)c4cccc2c43)cc1. The summed E-state index contributed by atoms with van der Waals surface area (Å²) < 4.78 is 0. The number of rotatable bonds is 7. The Balaban J connectivity index is 0.000000144. The van der Waals surface area contributed by atoms with Gasteiger partial charge in [0.1, 0.15) is 0 Å². The molecule has 0 N–H and O–H groups in total. The second kappa shape index (κ2) is 19.4. The van der Waals surface area contributed by atoms with Gasteiger partial charge in [-0.3, -0.25) is 0 Å². The molecule has 5 nitrogen and oxygen atoms in total. The predicted molar refractivity (Wildman–Crippen MR) is 336 cm³/mol. The van der Waals surface area contributed by atoms with E-state index < -0.39 is 0 Å². The minimum absolute atomic E-state index is 0.0910. The third kappa shape index (κ3) is 7.65. The van der Waals surface area contributed by atoms with Crippen LogP contribution >= 0.6 is 0 Å². The molecule has 0 atom stereocenters. The molecule has 0 bridgehead atoms. The number of nitrogens with zero attached hydrogens (tertiary/aromatic N) is 5. The molecule has 0 aliphatic carbocycles. The van der Waals surface area contributed by atoms with E-state index >= 15 is 0 Å². The van der Waals surface area contributed by atoms with Crippen LogP contribution in [0, 0.1) is 0 Å². The van der Waals surface area contributed by atoms with E-state index in [1.165, 1.54) is 89.7 Å². The van der Waals surface area contributed by atoms with Crippen molar-refractivity contribution in [3.8, 4) is 0 Å². The Bertz CT molecular complexity index is 3920. The van der Waals surface area contributed by atoms with Gasteiger partial charge in [0.15, 0.2) is 0 Å². The first kappa shape index (κ1) is 46.1. The van der Waals surface area contributed by atoms with Gasteiger partial charge in [-0.2, -0.15) is 0 Å². The summed E-state index contributed by atoms with van der Waals surface area (Å²) in [7, 11) is 0. The second-order valence-electron chi connectivity index (χ2n) is 20.4. The molecule has 12 aromatic carbocycles. The third-order valence-corrected chi connectivity index (χ3v) is 16.0. The van der Waals surface area contributed by atoms with Gasteiger partial charge in [-0.1, -0.05) is 188 Å². The molecule has 0 spiro atoms. The summed E-state index contributed by atoms with van der Waals surface area (Å²) in [6, 6.07) is 111. The molecule has 7 heteroatoms. The van der Waals surface area contributed by atoms with E-state index in [9.17, 15) is 0 Å². The molecule has 4 heterocycles. The van der Waals surface area contributed by atoms with Gasteiger partial charge < -0.3 is 24.5 Å². The number of benzene rings is 12. The van der Waals surface area contributed by atoms with Crippen molar-refractivity contribution in [2.75, 3.05) is 24.5 Å². The largest absolute Gasteiger partial charge is 0.311 e. The quantitative estimate of drug-likeness (QED) is 0.147. The Kier molecular flexibility index (Phi) is 11.3. The van der Waals surface area contributed by atoms with Crippen LogP contribution in [0.3, 0.4) is 0 Å². The molecule has 0 amide bonds. The average molecular weight is 1010 g/mol. The highest BCUT2D eigenvalue weighted by molar-refractivity contribution is 7.01. The molecule has 0 saturated heterocycles. The molecule has 0 unspecified atom stereocenters. The van der Waals surface area contributed by atoms with Crippen molar-refractivity contribution < 1.29 is 0 Å². The summed E-state index contributed by atoms with van der Waals surface area (Å²) in [6.07, 6.45) is 0. The third-order valence-electron chi connectivity index (χ3n) is 16.0. The molecule has 0 aromatic heterocycles. The predicted octanol–water partition coefficient (Wildman–Crippen LogP) is 15.0. The van der Waals surface area contributed by atoms with Crippen molar-refractivity contribution in [2.24, 2.45) is 0 Å². The van der Waals surface area contributed by atoms with Crippen molar-refractivity contribution in [1.29, 1.82) is 0 Å². The van der Waals surface area contributed by atoms with Gasteiger partial charge in [-0.15, -0.1) is 0 Å². The molecule has 12 aromatic rings. The van der Waals surface area contributed by atoms with Crippen LogP contribution in [-0.2, 0) is 0 Å². The molecular weight excluding hydrogens is 956 g/mol. The van der Waals surface area contributed by atoms with Crippen LogP contribution < -0.4 is 57.3 Å². The van der Waals surface area contributed by atoms with Crippen molar-refractivity contribution >= 4 is 132 Å². The van der Waals surface area contributed by atoms with E-state index in [-0.39, 0.29) is 13.4 Å². The zero-order valence-electron chi connectivity index (χ0n) is 43.3. The molecule has 79 heavy (non-hydrogen) atoms. The second-order valence-corrected chi connectivity index (χ2v) is 20.4. The lowest BCUT2D eigenvalue weighted by atomic mass is 9.33. The summed E-state index contributed by atoms with van der Waals surface area (Å²) in [5.74, 6) is 0. The van der Waals surface area contributed by atoms with Gasteiger partial charge in [-0.25, -0.2) is 0 Å². The maximum absolute atomic E-state index is 2.46. The lowest BCUT2D eigenvalue weighted by Gasteiger charge is -2.45. The fourth-order valence-corrected chi connectivity index (χ4v) is 12.9. The highest BCUT2D eigenvalue weighted by Gasteiger charge is 2.45. The summed E-state index contributed by atoms with van der Waals surface area (Å²) in [5, 5.41) is 0. The van der Waals surface area contributed by atoms with E-state index in [1.54, 1.807) is 0 Å². The molecule has 0 radical (unpaired) electrons. The minimum Gasteiger partial charge on any atom is -0.311 e. The smallest absolute Gasteiger partial charge is 0.252 e. The first-order valence-corrected chi connectivity index (χ1v) is 27.3. The van der Waals surface area contributed by atoms with Crippen LogP contribution in [0.15, 0.2) is 309 Å². The maximum Gasteiger partial charge on any atom is 0.252 e. The molecule has 0 fully saturated rings. The number of para-hydroxylation sites is 10. The summed E-state index contributed by atoms with van der Waals surface area (Å²) >= 11 is 0. The summed E-state index contributed by atoms with van der Waals surface area (Å²) in [4.78, 5) is 12.1. The van der Waals surface area contributed by atoms with Crippen molar-refractivity contribution in [2.45, 2.75) is 0 Å². The van der Waals surface area contributed by atoms with Crippen molar-refractivity contribution in [1.82, 2.24) is 0 Å². The van der Waals surface area contributed by atoms with E-state index in [0.29, 0.717) is 0 Å². The summed E-state index contributed by atoms with van der Waals surface area (Å²) in [5.41, 5.74) is 25.8. The van der Waals surface area contributed by atoms with Gasteiger partial charge in [0, 0.05) is 79.6 Å². The van der Waals surface area contributed by atoms with Crippen LogP contribution in [0.25, 0.3) is 0 Å². The molecule has 4 aliphatic rings. The number of anilines is 15. The number of hydrogen-bond donors (Lipinski definition) is 0. The Morgan fingerprint density at radius 2 is 0.443 bits per heavy atom. The lowest BCUT2D eigenvalue weighted by Crippen LogP contribution is -2.61. The van der Waals surface area contributed by atoms with Gasteiger partial charge in [0.25, 0.3) is 13.4 Å². The maximum atomic E-state index is 2.46. The van der Waals surface area contributed by atoms with Gasteiger partial charge in [0.05, 0.1) is 5.69 Å². The van der Waals surface area contributed by atoms with E-state index in [4.69, 9.17) is 0 Å². The normalized spacial score (nSPS) is 12.9. The monoisotopic (exact) mass is 1010 g/mol. The van der Waals surface area contributed by atoms with Crippen molar-refractivity contribution in [3.63, 3.8) is 0 Å². The van der Waals surface area contributed by atoms with Crippen LogP contribution in [-0.4, -0.2) is 13.4 Å². The molecule has 4 aliphatic heterocycles. The van der Waals surface area contributed by atoms with Crippen LogP contribution in [0.4, 0.5) is 85.3 Å².